The molecule has 1 amide bonds. The van der Waals surface area contributed by atoms with Crippen LogP contribution in [0.1, 0.15) is 36.1 Å². The third-order valence-corrected chi connectivity index (χ3v) is 5.85. The number of allylic oxidation sites excluding steroid dienone is 1. The second kappa shape index (κ2) is 12.2. The topological polar surface area (TPSA) is 95.3 Å². The largest absolute Gasteiger partial charge is 0.481 e. The fourth-order valence-electron chi connectivity index (χ4n) is 3.02. The van der Waals surface area contributed by atoms with Gasteiger partial charge in [0.05, 0.1) is 22.9 Å². The molecule has 0 spiro atoms. The molecule has 0 bridgehead atoms. The quantitative estimate of drug-likeness (QED) is 0.220. The number of aromatic nitrogens is 3. The minimum atomic E-state index is -0.423. The van der Waals surface area contributed by atoms with E-state index in [0.29, 0.717) is 46.2 Å². The Labute approximate surface area is 207 Å². The van der Waals surface area contributed by atoms with Gasteiger partial charge >= 0.3 is 5.97 Å². The van der Waals surface area contributed by atoms with Crippen molar-refractivity contribution < 1.29 is 19.1 Å². The van der Waals surface area contributed by atoms with Gasteiger partial charge in [-0.05, 0) is 50.2 Å². The average molecular weight is 501 g/mol. The normalized spacial score (nSPS) is 11.5. The van der Waals surface area contributed by atoms with E-state index in [1.165, 1.54) is 11.8 Å². The number of ether oxygens (including phenoxy) is 2. The molecule has 1 atom stereocenters. The molecule has 2 aromatic carbocycles. The Hall–Kier alpha value is -3.30. The molecule has 0 saturated carbocycles. The van der Waals surface area contributed by atoms with E-state index < -0.39 is 12.1 Å². The maximum absolute atomic E-state index is 12.5. The summed E-state index contributed by atoms with van der Waals surface area (Å²) >= 11 is 7.45. The van der Waals surface area contributed by atoms with E-state index in [1.807, 2.05) is 23.6 Å². The maximum atomic E-state index is 12.5. The van der Waals surface area contributed by atoms with Gasteiger partial charge in [0.15, 0.2) is 17.1 Å². The third-order valence-electron chi connectivity index (χ3n) is 4.57. The Bertz CT molecular complexity index is 1150. The van der Waals surface area contributed by atoms with Gasteiger partial charge in [-0.3, -0.25) is 9.36 Å². The molecule has 3 aromatic rings. The lowest BCUT2D eigenvalue weighted by Gasteiger charge is -2.16. The maximum Gasteiger partial charge on any atom is 0.338 e. The van der Waals surface area contributed by atoms with Gasteiger partial charge in [0.1, 0.15) is 5.75 Å². The molecule has 3 rings (SSSR count). The SMILES string of the molecule is C=CCn1c(SCC(=O)Nc2ccc(C(=O)OCC)cc2)nnc1C(C)Oc1ccccc1Cl. The number of amides is 1. The van der Waals surface area contributed by atoms with Gasteiger partial charge in [-0.2, -0.15) is 0 Å². The molecular weight excluding hydrogens is 476 g/mol. The van der Waals surface area contributed by atoms with Crippen LogP contribution < -0.4 is 10.1 Å². The van der Waals surface area contributed by atoms with E-state index in [4.69, 9.17) is 21.1 Å². The molecule has 1 heterocycles. The van der Waals surface area contributed by atoms with Gasteiger partial charge in [0, 0.05) is 12.2 Å². The van der Waals surface area contributed by atoms with E-state index in [0.717, 1.165) is 0 Å². The van der Waals surface area contributed by atoms with Crippen LogP contribution in [0.15, 0.2) is 66.3 Å². The summed E-state index contributed by atoms with van der Waals surface area (Å²) in [6.45, 7) is 8.16. The fourth-order valence-corrected chi connectivity index (χ4v) is 3.96. The molecular formula is C24H25ClN4O4S. The van der Waals surface area contributed by atoms with Crippen LogP contribution in [0.25, 0.3) is 0 Å². The van der Waals surface area contributed by atoms with E-state index in [1.54, 1.807) is 49.4 Å². The fraction of sp³-hybridized carbons (Fsp3) is 0.250. The van der Waals surface area contributed by atoms with Crippen molar-refractivity contribution >= 4 is 40.9 Å². The predicted molar refractivity (Wildman–Crippen MR) is 132 cm³/mol. The number of esters is 1. The Morgan fingerprint density at radius 3 is 2.62 bits per heavy atom. The van der Waals surface area contributed by atoms with Crippen molar-refractivity contribution in [1.82, 2.24) is 14.8 Å². The highest BCUT2D eigenvalue weighted by molar-refractivity contribution is 7.99. The van der Waals surface area contributed by atoms with Gasteiger partial charge in [-0.1, -0.05) is 41.6 Å². The number of carbonyl (C=O) groups excluding carboxylic acids is 2. The number of carbonyl (C=O) groups is 2. The standard InChI is InChI=1S/C24H25ClN4O4S/c1-4-14-29-22(16(3)33-20-9-7-6-8-19(20)25)27-28-24(29)34-15-21(30)26-18-12-10-17(11-13-18)23(31)32-5-2/h4,6-13,16H,1,5,14-15H2,2-3H3,(H,26,30). The first kappa shape index (κ1) is 25.3. The monoisotopic (exact) mass is 500 g/mol. The smallest absolute Gasteiger partial charge is 0.338 e. The zero-order chi connectivity index (χ0) is 24.5. The molecule has 34 heavy (non-hydrogen) atoms. The lowest BCUT2D eigenvalue weighted by Crippen LogP contribution is -2.15. The summed E-state index contributed by atoms with van der Waals surface area (Å²) < 4.78 is 12.8. The molecule has 8 nitrogen and oxygen atoms in total. The average Bonchev–Trinajstić information content (AvgIpc) is 3.23. The number of nitrogens with zero attached hydrogens (tertiary/aromatic N) is 3. The van der Waals surface area contributed by atoms with Crippen LogP contribution >= 0.6 is 23.4 Å². The number of rotatable bonds is 11. The predicted octanol–water partition coefficient (Wildman–Crippen LogP) is 5.17. The number of hydrogen-bond donors (Lipinski definition) is 1. The summed E-state index contributed by atoms with van der Waals surface area (Å²) in [5, 5.41) is 12.4. The van der Waals surface area contributed by atoms with Crippen molar-refractivity contribution in [1.29, 1.82) is 0 Å². The minimum Gasteiger partial charge on any atom is -0.481 e. The van der Waals surface area contributed by atoms with Crippen LogP contribution in [0.2, 0.25) is 5.02 Å². The Morgan fingerprint density at radius 2 is 1.94 bits per heavy atom. The summed E-state index contributed by atoms with van der Waals surface area (Å²) in [6.07, 6.45) is 1.30. The Balaban J connectivity index is 1.62. The molecule has 0 fully saturated rings. The van der Waals surface area contributed by atoms with E-state index in [9.17, 15) is 9.59 Å². The Kier molecular flexibility index (Phi) is 9.12. The van der Waals surface area contributed by atoms with Crippen LogP contribution in [0.5, 0.6) is 5.75 Å². The molecule has 0 aliphatic heterocycles. The van der Waals surface area contributed by atoms with Crippen LogP contribution in [0.3, 0.4) is 0 Å². The zero-order valence-electron chi connectivity index (χ0n) is 18.9. The summed E-state index contributed by atoms with van der Waals surface area (Å²) in [4.78, 5) is 24.2. The molecule has 0 saturated heterocycles. The van der Waals surface area contributed by atoms with E-state index in [-0.39, 0.29) is 11.7 Å². The zero-order valence-corrected chi connectivity index (χ0v) is 20.4. The van der Waals surface area contributed by atoms with Crippen molar-refractivity contribution in [3.63, 3.8) is 0 Å². The number of halogens is 1. The molecule has 1 unspecified atom stereocenters. The lowest BCUT2D eigenvalue weighted by atomic mass is 10.2. The highest BCUT2D eigenvalue weighted by Gasteiger charge is 2.20. The van der Waals surface area contributed by atoms with Gasteiger partial charge in [0.25, 0.3) is 0 Å². The third kappa shape index (κ3) is 6.61. The molecule has 0 aliphatic carbocycles. The van der Waals surface area contributed by atoms with Crippen LogP contribution in [0.4, 0.5) is 5.69 Å². The molecule has 178 valence electrons. The molecule has 10 heteroatoms. The number of benzene rings is 2. The van der Waals surface area contributed by atoms with E-state index in [2.05, 4.69) is 22.1 Å². The Morgan fingerprint density at radius 1 is 1.21 bits per heavy atom. The number of thioether (sulfide) groups is 1. The van der Waals surface area contributed by atoms with Crippen LogP contribution in [-0.4, -0.2) is 39.0 Å². The van der Waals surface area contributed by atoms with Crippen molar-refractivity contribution in [3.8, 4) is 5.75 Å². The second-order valence-corrected chi connectivity index (χ2v) is 8.41. The van der Waals surface area contributed by atoms with Crippen molar-refractivity contribution in [3.05, 3.63) is 77.6 Å². The van der Waals surface area contributed by atoms with Gasteiger partial charge in [0.2, 0.25) is 5.91 Å². The number of para-hydroxylation sites is 1. The van der Waals surface area contributed by atoms with Crippen LogP contribution in [0, 0.1) is 0 Å². The molecule has 1 N–H and O–H groups in total. The summed E-state index contributed by atoms with van der Waals surface area (Å²) in [7, 11) is 0. The molecule has 1 aromatic heterocycles. The van der Waals surface area contributed by atoms with Gasteiger partial charge in [-0.25, -0.2) is 4.79 Å². The van der Waals surface area contributed by atoms with E-state index >= 15 is 0 Å². The summed E-state index contributed by atoms with van der Waals surface area (Å²) in [5.41, 5.74) is 1.00. The number of nitrogens with one attached hydrogen (secondary N) is 1. The number of anilines is 1. The summed E-state index contributed by atoms with van der Waals surface area (Å²) in [6, 6.07) is 13.7. The summed E-state index contributed by atoms with van der Waals surface area (Å²) in [5.74, 6) is 0.643. The molecule has 0 radical (unpaired) electrons. The molecule has 0 aliphatic rings. The minimum absolute atomic E-state index is 0.120. The first-order valence-corrected chi connectivity index (χ1v) is 11.9. The first-order valence-electron chi connectivity index (χ1n) is 10.6. The first-order chi connectivity index (χ1) is 16.4. The second-order valence-electron chi connectivity index (χ2n) is 7.07. The van der Waals surface area contributed by atoms with Crippen LogP contribution in [-0.2, 0) is 16.1 Å². The van der Waals surface area contributed by atoms with Crippen molar-refractivity contribution in [2.45, 2.75) is 31.7 Å². The van der Waals surface area contributed by atoms with Gasteiger partial charge < -0.3 is 14.8 Å². The van der Waals surface area contributed by atoms with Crippen molar-refractivity contribution in [2.75, 3.05) is 17.7 Å². The number of hydrogen-bond acceptors (Lipinski definition) is 7. The van der Waals surface area contributed by atoms with Gasteiger partial charge in [-0.15, -0.1) is 16.8 Å². The van der Waals surface area contributed by atoms with Crippen molar-refractivity contribution in [2.24, 2.45) is 0 Å². The highest BCUT2D eigenvalue weighted by Crippen LogP contribution is 2.29. The lowest BCUT2D eigenvalue weighted by molar-refractivity contribution is -0.113. The highest BCUT2D eigenvalue weighted by atomic mass is 35.5.